The van der Waals surface area contributed by atoms with E-state index in [1.807, 2.05) is 0 Å². The Morgan fingerprint density at radius 1 is 0.708 bits per heavy atom. The van der Waals surface area contributed by atoms with Crippen molar-refractivity contribution in [1.82, 2.24) is 0 Å². The molecular weight excluding hydrogens is 288 g/mol. The van der Waals surface area contributed by atoms with Crippen LogP contribution < -0.4 is 0 Å². The molecule has 0 unspecified atom stereocenters. The molecular formula is C24H38. The second-order valence-electron chi connectivity index (χ2n) is 8.65. The molecule has 0 amide bonds. The zero-order valence-electron chi connectivity index (χ0n) is 15.9. The van der Waals surface area contributed by atoms with Crippen molar-refractivity contribution in [1.29, 1.82) is 0 Å². The number of rotatable bonds is 7. The molecule has 0 bridgehead atoms. The second kappa shape index (κ2) is 9.64. The highest BCUT2D eigenvalue weighted by atomic mass is 14.4. The molecule has 0 spiro atoms. The van der Waals surface area contributed by atoms with Crippen LogP contribution in [0, 0.1) is 17.8 Å². The lowest BCUT2D eigenvalue weighted by molar-refractivity contribution is 0.155. The Labute approximate surface area is 150 Å². The van der Waals surface area contributed by atoms with Crippen molar-refractivity contribution in [2.24, 2.45) is 17.8 Å². The molecule has 0 nitrogen and oxygen atoms in total. The zero-order valence-corrected chi connectivity index (χ0v) is 15.9. The van der Waals surface area contributed by atoms with Crippen LogP contribution in [0.1, 0.15) is 102 Å². The smallest absolute Gasteiger partial charge is 0.0162 e. The number of unbranched alkanes of at least 4 members (excludes halogenated alkanes) is 3. The lowest BCUT2D eigenvalue weighted by atomic mass is 9.68. The molecule has 0 radical (unpaired) electrons. The SMILES string of the molecule is CCCCCC[C@H]1CC[C@H](C2CCC(c3ccccc3)CC2)CC1. The van der Waals surface area contributed by atoms with E-state index < -0.39 is 0 Å². The van der Waals surface area contributed by atoms with Gasteiger partial charge in [-0.15, -0.1) is 0 Å². The first kappa shape index (κ1) is 18.0. The van der Waals surface area contributed by atoms with Crippen LogP contribution in [0.4, 0.5) is 0 Å². The number of hydrogen-bond donors (Lipinski definition) is 0. The van der Waals surface area contributed by atoms with E-state index in [-0.39, 0.29) is 0 Å². The summed E-state index contributed by atoms with van der Waals surface area (Å²) in [5, 5.41) is 0. The summed E-state index contributed by atoms with van der Waals surface area (Å²) in [5.41, 5.74) is 1.59. The van der Waals surface area contributed by atoms with Gasteiger partial charge in [0.2, 0.25) is 0 Å². The Morgan fingerprint density at radius 3 is 1.96 bits per heavy atom. The summed E-state index contributed by atoms with van der Waals surface area (Å²) >= 11 is 0. The molecule has 0 saturated heterocycles. The van der Waals surface area contributed by atoms with Crippen LogP contribution in [-0.2, 0) is 0 Å². The summed E-state index contributed by atoms with van der Waals surface area (Å²) in [6.45, 7) is 2.32. The Morgan fingerprint density at radius 2 is 1.33 bits per heavy atom. The van der Waals surface area contributed by atoms with E-state index in [2.05, 4.69) is 37.3 Å². The molecule has 3 rings (SSSR count). The monoisotopic (exact) mass is 326 g/mol. The summed E-state index contributed by atoms with van der Waals surface area (Å²) in [6, 6.07) is 11.3. The molecule has 0 atom stereocenters. The average molecular weight is 327 g/mol. The van der Waals surface area contributed by atoms with Gasteiger partial charge in [0.05, 0.1) is 0 Å². The minimum absolute atomic E-state index is 0.845. The molecule has 2 saturated carbocycles. The highest BCUT2D eigenvalue weighted by Gasteiger charge is 2.31. The Kier molecular flexibility index (Phi) is 7.24. The molecule has 0 heteroatoms. The maximum atomic E-state index is 2.34. The minimum atomic E-state index is 0.845. The average Bonchev–Trinajstić information content (AvgIpc) is 2.67. The van der Waals surface area contributed by atoms with Gasteiger partial charge in [0.15, 0.2) is 0 Å². The van der Waals surface area contributed by atoms with Gasteiger partial charge in [-0.3, -0.25) is 0 Å². The first-order valence-electron chi connectivity index (χ1n) is 10.9. The first-order chi connectivity index (χ1) is 11.9. The fourth-order valence-corrected chi connectivity index (χ4v) is 5.46. The highest BCUT2D eigenvalue weighted by molar-refractivity contribution is 5.19. The third-order valence-electron chi connectivity index (χ3n) is 7.07. The van der Waals surface area contributed by atoms with E-state index in [9.17, 15) is 0 Å². The molecule has 2 fully saturated rings. The third-order valence-corrected chi connectivity index (χ3v) is 7.07. The van der Waals surface area contributed by atoms with Gasteiger partial charge in [-0.1, -0.05) is 82.2 Å². The van der Waals surface area contributed by atoms with Crippen LogP contribution in [0.5, 0.6) is 0 Å². The lowest BCUT2D eigenvalue weighted by Gasteiger charge is -2.38. The number of benzene rings is 1. The van der Waals surface area contributed by atoms with E-state index in [0.29, 0.717) is 0 Å². The van der Waals surface area contributed by atoms with Crippen molar-refractivity contribution in [3.05, 3.63) is 35.9 Å². The Balaban J connectivity index is 1.36. The topological polar surface area (TPSA) is 0 Å². The zero-order chi connectivity index (χ0) is 16.6. The highest BCUT2D eigenvalue weighted by Crippen LogP contribution is 2.44. The van der Waals surface area contributed by atoms with Crippen molar-refractivity contribution in [2.75, 3.05) is 0 Å². The summed E-state index contributed by atoms with van der Waals surface area (Å²) in [7, 11) is 0. The quantitative estimate of drug-likeness (QED) is 0.449. The van der Waals surface area contributed by atoms with Crippen LogP contribution in [-0.4, -0.2) is 0 Å². The van der Waals surface area contributed by atoms with Crippen LogP contribution in [0.15, 0.2) is 30.3 Å². The maximum absolute atomic E-state index is 2.34. The molecule has 0 aliphatic heterocycles. The van der Waals surface area contributed by atoms with Crippen molar-refractivity contribution in [2.45, 2.75) is 96.3 Å². The summed E-state index contributed by atoms with van der Waals surface area (Å²) < 4.78 is 0. The van der Waals surface area contributed by atoms with Gasteiger partial charge >= 0.3 is 0 Å². The summed E-state index contributed by atoms with van der Waals surface area (Å²) in [4.78, 5) is 0. The van der Waals surface area contributed by atoms with Crippen molar-refractivity contribution in [3.8, 4) is 0 Å². The van der Waals surface area contributed by atoms with Crippen molar-refractivity contribution < 1.29 is 0 Å². The first-order valence-corrected chi connectivity index (χ1v) is 10.9. The van der Waals surface area contributed by atoms with E-state index >= 15 is 0 Å². The summed E-state index contributed by atoms with van der Waals surface area (Å²) in [5.74, 6) is 4.02. The van der Waals surface area contributed by atoms with E-state index in [1.165, 1.54) is 70.6 Å². The summed E-state index contributed by atoms with van der Waals surface area (Å²) in [6.07, 6.45) is 19.3. The Bertz CT molecular complexity index is 432. The van der Waals surface area contributed by atoms with Crippen LogP contribution in [0.25, 0.3) is 0 Å². The Hall–Kier alpha value is -0.780. The molecule has 0 N–H and O–H groups in total. The van der Waals surface area contributed by atoms with E-state index in [0.717, 1.165) is 23.7 Å². The van der Waals surface area contributed by atoms with Gasteiger partial charge < -0.3 is 0 Å². The third kappa shape index (κ3) is 5.11. The molecule has 0 heterocycles. The van der Waals surface area contributed by atoms with Crippen LogP contribution >= 0.6 is 0 Å². The molecule has 2 aliphatic carbocycles. The minimum Gasteiger partial charge on any atom is -0.0654 e. The predicted octanol–water partition coefficient (Wildman–Crippen LogP) is 7.74. The molecule has 1 aromatic rings. The van der Waals surface area contributed by atoms with Crippen LogP contribution in [0.2, 0.25) is 0 Å². The standard InChI is InChI=1S/C24H38/c1-2-3-4-6-9-20-12-14-22(15-13-20)24-18-16-23(17-19-24)21-10-7-5-8-11-21/h5,7-8,10-11,20,22-24H,2-4,6,9,12-19H2,1H3/t20-,22-,23?,24?. The van der Waals surface area contributed by atoms with Gasteiger partial charge in [0.25, 0.3) is 0 Å². The van der Waals surface area contributed by atoms with Gasteiger partial charge in [0, 0.05) is 0 Å². The predicted molar refractivity (Wildman–Crippen MR) is 105 cm³/mol. The fourth-order valence-electron chi connectivity index (χ4n) is 5.46. The molecule has 1 aromatic carbocycles. The molecule has 24 heavy (non-hydrogen) atoms. The van der Waals surface area contributed by atoms with Gasteiger partial charge in [-0.2, -0.15) is 0 Å². The van der Waals surface area contributed by atoms with E-state index in [1.54, 1.807) is 18.4 Å². The maximum Gasteiger partial charge on any atom is -0.0162 e. The van der Waals surface area contributed by atoms with Crippen molar-refractivity contribution >= 4 is 0 Å². The van der Waals surface area contributed by atoms with Crippen LogP contribution in [0.3, 0.4) is 0 Å². The largest absolute Gasteiger partial charge is 0.0654 e. The van der Waals surface area contributed by atoms with Crippen molar-refractivity contribution in [3.63, 3.8) is 0 Å². The molecule has 134 valence electrons. The lowest BCUT2D eigenvalue weighted by Crippen LogP contribution is -2.25. The molecule has 0 aromatic heterocycles. The van der Waals surface area contributed by atoms with Gasteiger partial charge in [-0.25, -0.2) is 0 Å². The van der Waals surface area contributed by atoms with Gasteiger partial charge in [-0.05, 0) is 67.8 Å². The molecule has 2 aliphatic rings. The number of hydrogen-bond acceptors (Lipinski definition) is 0. The fraction of sp³-hybridized carbons (Fsp3) is 0.750. The van der Waals surface area contributed by atoms with E-state index in [4.69, 9.17) is 0 Å². The van der Waals surface area contributed by atoms with Gasteiger partial charge in [0.1, 0.15) is 0 Å². The normalized spacial score (nSPS) is 31.0. The second-order valence-corrected chi connectivity index (χ2v) is 8.65.